The van der Waals surface area contributed by atoms with Gasteiger partial charge in [-0.2, -0.15) is 0 Å². The Bertz CT molecular complexity index is 649. The van der Waals surface area contributed by atoms with Crippen LogP contribution >= 0.6 is 11.6 Å². The third-order valence-corrected chi connectivity index (χ3v) is 3.64. The second-order valence-electron chi connectivity index (χ2n) is 4.76. The number of aromatic amines is 1. The average molecular weight is 276 g/mol. The largest absolute Gasteiger partial charge is 0.305 e. The molecule has 2 aromatic heterocycles. The number of pyridine rings is 1. The lowest BCUT2D eigenvalue weighted by atomic mass is 10.1. The van der Waals surface area contributed by atoms with Crippen molar-refractivity contribution in [1.82, 2.24) is 15.0 Å². The van der Waals surface area contributed by atoms with Gasteiger partial charge in [0, 0.05) is 11.8 Å². The van der Waals surface area contributed by atoms with Crippen LogP contribution in [0.4, 0.5) is 0 Å². The van der Waals surface area contributed by atoms with Crippen molar-refractivity contribution in [2.24, 2.45) is 0 Å². The van der Waals surface area contributed by atoms with Crippen LogP contribution in [-0.2, 0) is 12.8 Å². The lowest BCUT2D eigenvalue weighted by molar-refractivity contribution is 0.708. The van der Waals surface area contributed by atoms with E-state index in [1.165, 1.54) is 0 Å². The van der Waals surface area contributed by atoms with Crippen LogP contribution in [0.2, 0.25) is 5.02 Å². The van der Waals surface area contributed by atoms with Crippen LogP contribution in [0, 0.1) is 0 Å². The van der Waals surface area contributed by atoms with Crippen molar-refractivity contribution in [3.63, 3.8) is 0 Å². The van der Waals surface area contributed by atoms with E-state index < -0.39 is 0 Å². The van der Waals surface area contributed by atoms with E-state index in [1.807, 2.05) is 0 Å². The normalized spacial score (nSPS) is 14.8. The zero-order valence-corrected chi connectivity index (χ0v) is 11.2. The number of hydrogen-bond donors (Lipinski definition) is 1. The monoisotopic (exact) mass is 275 g/mol. The molecule has 0 aliphatic heterocycles. The van der Waals surface area contributed by atoms with E-state index in [0.29, 0.717) is 16.5 Å². The van der Waals surface area contributed by atoms with Gasteiger partial charge in [0.1, 0.15) is 5.69 Å². The predicted octanol–water partition coefficient (Wildman–Crippen LogP) is 2.75. The van der Waals surface area contributed by atoms with Gasteiger partial charge in [-0.1, -0.05) is 18.0 Å². The first-order valence-electron chi connectivity index (χ1n) is 6.48. The van der Waals surface area contributed by atoms with Gasteiger partial charge in [-0.05, 0) is 37.8 Å². The number of aryl methyl sites for hydroxylation is 1. The Labute approximate surface area is 115 Å². The molecule has 5 heteroatoms. The van der Waals surface area contributed by atoms with Crippen LogP contribution in [-0.4, -0.2) is 15.0 Å². The molecule has 0 aromatic carbocycles. The molecular formula is C14H14ClN3O. The molecule has 1 aliphatic carbocycles. The highest BCUT2D eigenvalue weighted by Gasteiger charge is 2.15. The van der Waals surface area contributed by atoms with Gasteiger partial charge in [-0.3, -0.25) is 9.78 Å². The lowest BCUT2D eigenvalue weighted by Gasteiger charge is -2.06. The maximum Gasteiger partial charge on any atom is 0.254 e. The number of hydrogen-bond acceptors (Lipinski definition) is 3. The quantitative estimate of drug-likeness (QED) is 0.814. The van der Waals surface area contributed by atoms with Gasteiger partial charge in [-0.25, -0.2) is 4.98 Å². The summed E-state index contributed by atoms with van der Waals surface area (Å²) >= 11 is 5.81. The van der Waals surface area contributed by atoms with E-state index in [4.69, 9.17) is 11.6 Å². The van der Waals surface area contributed by atoms with Gasteiger partial charge in [-0.15, -0.1) is 0 Å². The highest BCUT2D eigenvalue weighted by Crippen LogP contribution is 2.19. The Balaban J connectivity index is 2.08. The molecule has 0 saturated heterocycles. The second-order valence-corrected chi connectivity index (χ2v) is 5.20. The highest BCUT2D eigenvalue weighted by molar-refractivity contribution is 6.30. The van der Waals surface area contributed by atoms with E-state index in [2.05, 4.69) is 15.0 Å². The third-order valence-electron chi connectivity index (χ3n) is 3.41. The van der Waals surface area contributed by atoms with Gasteiger partial charge in [0.05, 0.1) is 10.7 Å². The summed E-state index contributed by atoms with van der Waals surface area (Å²) in [6.07, 6.45) is 6.58. The van der Waals surface area contributed by atoms with Gasteiger partial charge in [0.25, 0.3) is 5.56 Å². The second kappa shape index (κ2) is 5.13. The van der Waals surface area contributed by atoms with E-state index in [1.54, 1.807) is 18.3 Å². The summed E-state index contributed by atoms with van der Waals surface area (Å²) in [5, 5.41) is 0.570. The molecule has 1 N–H and O–H groups in total. The number of halogens is 1. The van der Waals surface area contributed by atoms with Crippen molar-refractivity contribution in [2.75, 3.05) is 0 Å². The van der Waals surface area contributed by atoms with Crippen molar-refractivity contribution in [3.05, 3.63) is 45.0 Å². The third kappa shape index (κ3) is 2.54. The standard InChI is InChI=1S/C14H14ClN3O/c15-9-6-7-12(16-8-9)13-17-11-5-3-1-2-4-10(11)14(19)18-13/h6-8H,1-5H2,(H,17,18,19). The molecule has 0 unspecified atom stereocenters. The Morgan fingerprint density at radius 2 is 2.00 bits per heavy atom. The fraction of sp³-hybridized carbons (Fsp3) is 0.357. The first-order chi connectivity index (χ1) is 9.24. The van der Waals surface area contributed by atoms with Crippen molar-refractivity contribution >= 4 is 11.6 Å². The van der Waals surface area contributed by atoms with Crippen molar-refractivity contribution < 1.29 is 0 Å². The number of rotatable bonds is 1. The minimum atomic E-state index is -0.0290. The first-order valence-corrected chi connectivity index (χ1v) is 6.86. The molecule has 0 atom stereocenters. The fourth-order valence-corrected chi connectivity index (χ4v) is 2.53. The van der Waals surface area contributed by atoms with E-state index in [0.717, 1.165) is 43.4 Å². The Hall–Kier alpha value is -1.68. The highest BCUT2D eigenvalue weighted by atomic mass is 35.5. The molecule has 2 aromatic rings. The molecule has 4 nitrogen and oxygen atoms in total. The summed E-state index contributed by atoms with van der Waals surface area (Å²) < 4.78 is 0. The molecule has 1 aliphatic rings. The molecule has 98 valence electrons. The molecule has 0 spiro atoms. The van der Waals surface area contributed by atoms with Crippen LogP contribution < -0.4 is 5.56 Å². The van der Waals surface area contributed by atoms with E-state index in [-0.39, 0.29) is 5.56 Å². The minimum absolute atomic E-state index is 0.0290. The number of nitrogens with zero attached hydrogens (tertiary/aromatic N) is 2. The molecule has 0 fully saturated rings. The van der Waals surface area contributed by atoms with Gasteiger partial charge in [0.2, 0.25) is 0 Å². The summed E-state index contributed by atoms with van der Waals surface area (Å²) in [7, 11) is 0. The zero-order valence-electron chi connectivity index (χ0n) is 10.4. The first kappa shape index (κ1) is 12.4. The maximum atomic E-state index is 12.1. The lowest BCUT2D eigenvalue weighted by Crippen LogP contribution is -2.18. The molecule has 2 heterocycles. The van der Waals surface area contributed by atoms with Crippen LogP contribution in [0.5, 0.6) is 0 Å². The van der Waals surface area contributed by atoms with E-state index in [9.17, 15) is 4.79 Å². The molecule has 3 rings (SSSR count). The van der Waals surface area contributed by atoms with Crippen LogP contribution in [0.15, 0.2) is 23.1 Å². The zero-order chi connectivity index (χ0) is 13.2. The van der Waals surface area contributed by atoms with Gasteiger partial charge < -0.3 is 4.98 Å². The van der Waals surface area contributed by atoms with Crippen LogP contribution in [0.25, 0.3) is 11.5 Å². The smallest absolute Gasteiger partial charge is 0.254 e. The Morgan fingerprint density at radius 1 is 1.16 bits per heavy atom. The Morgan fingerprint density at radius 3 is 2.79 bits per heavy atom. The van der Waals surface area contributed by atoms with Crippen LogP contribution in [0.3, 0.4) is 0 Å². The fourth-order valence-electron chi connectivity index (χ4n) is 2.42. The summed E-state index contributed by atoms with van der Waals surface area (Å²) in [5.41, 5.74) is 2.38. The molecular weight excluding hydrogens is 262 g/mol. The number of H-pyrrole nitrogens is 1. The summed E-state index contributed by atoms with van der Waals surface area (Å²) in [6.45, 7) is 0. The average Bonchev–Trinajstić information content (AvgIpc) is 2.65. The van der Waals surface area contributed by atoms with E-state index >= 15 is 0 Å². The molecule has 0 radical (unpaired) electrons. The molecule has 19 heavy (non-hydrogen) atoms. The molecule has 0 amide bonds. The summed E-state index contributed by atoms with van der Waals surface area (Å²) in [5.74, 6) is 0.530. The summed E-state index contributed by atoms with van der Waals surface area (Å²) in [6, 6.07) is 3.51. The Kier molecular flexibility index (Phi) is 3.34. The predicted molar refractivity (Wildman–Crippen MR) is 74.4 cm³/mol. The number of nitrogens with one attached hydrogen (secondary N) is 1. The maximum absolute atomic E-state index is 12.1. The van der Waals surface area contributed by atoms with Crippen LogP contribution in [0.1, 0.15) is 30.5 Å². The number of aromatic nitrogens is 3. The summed E-state index contributed by atoms with van der Waals surface area (Å²) in [4.78, 5) is 23.7. The van der Waals surface area contributed by atoms with Crippen molar-refractivity contribution in [2.45, 2.75) is 32.1 Å². The minimum Gasteiger partial charge on any atom is -0.305 e. The van der Waals surface area contributed by atoms with Crippen molar-refractivity contribution in [3.8, 4) is 11.5 Å². The van der Waals surface area contributed by atoms with Crippen molar-refractivity contribution in [1.29, 1.82) is 0 Å². The SMILES string of the molecule is O=c1[nH]c(-c2ccc(Cl)cn2)nc2c1CCCCC2. The number of fused-ring (bicyclic) bond motifs is 1. The molecule has 0 saturated carbocycles. The molecule has 0 bridgehead atoms. The topological polar surface area (TPSA) is 58.6 Å². The van der Waals surface area contributed by atoms with Gasteiger partial charge >= 0.3 is 0 Å². The van der Waals surface area contributed by atoms with Gasteiger partial charge in [0.15, 0.2) is 5.82 Å².